The molecule has 0 spiro atoms. The Morgan fingerprint density at radius 2 is 1.74 bits per heavy atom. The van der Waals surface area contributed by atoms with Gasteiger partial charge in [-0.15, -0.1) is 0 Å². The Kier molecular flexibility index (Phi) is 4.30. The number of halogens is 1. The number of hydrogen-bond acceptors (Lipinski definition) is 3. The van der Waals surface area contributed by atoms with E-state index in [4.69, 9.17) is 21.4 Å². The van der Waals surface area contributed by atoms with Crippen LogP contribution in [-0.2, 0) is 0 Å². The Balaban J connectivity index is 2.11. The standard InChI is InChI=1S/C17H13ClN2O3/c18-14-8-6-13(7-9-14)16(12-4-2-1-3-5-12)20-11-19-10-15(20)23-17(21)22/h1-11,16H,(H,21,22). The summed E-state index contributed by atoms with van der Waals surface area (Å²) in [5.41, 5.74) is 1.91. The number of rotatable bonds is 4. The largest absolute Gasteiger partial charge is 0.512 e. The first kappa shape index (κ1) is 15.1. The van der Waals surface area contributed by atoms with E-state index >= 15 is 0 Å². The van der Waals surface area contributed by atoms with Gasteiger partial charge in [-0.25, -0.2) is 9.78 Å². The van der Waals surface area contributed by atoms with Crippen LogP contribution in [0.1, 0.15) is 17.2 Å². The quantitative estimate of drug-likeness (QED) is 0.728. The van der Waals surface area contributed by atoms with Crippen molar-refractivity contribution in [2.75, 3.05) is 0 Å². The summed E-state index contributed by atoms with van der Waals surface area (Å²) in [6.45, 7) is 0. The van der Waals surface area contributed by atoms with E-state index in [1.165, 1.54) is 6.20 Å². The predicted octanol–water partition coefficient (Wildman–Crippen LogP) is 4.23. The van der Waals surface area contributed by atoms with Gasteiger partial charge in [-0.2, -0.15) is 0 Å². The second-order valence-corrected chi connectivity index (χ2v) is 5.31. The average molecular weight is 329 g/mol. The molecule has 23 heavy (non-hydrogen) atoms. The molecule has 6 heteroatoms. The molecule has 0 fully saturated rings. The summed E-state index contributed by atoms with van der Waals surface area (Å²) in [5, 5.41) is 9.52. The van der Waals surface area contributed by atoms with Gasteiger partial charge in [-0.1, -0.05) is 54.1 Å². The zero-order chi connectivity index (χ0) is 16.2. The van der Waals surface area contributed by atoms with Crippen molar-refractivity contribution in [1.82, 2.24) is 9.55 Å². The molecule has 2 aromatic carbocycles. The molecule has 5 nitrogen and oxygen atoms in total. The number of imidazole rings is 1. The maximum atomic E-state index is 10.9. The van der Waals surface area contributed by atoms with Gasteiger partial charge in [0.05, 0.1) is 18.6 Å². The van der Waals surface area contributed by atoms with E-state index in [1.54, 1.807) is 23.0 Å². The predicted molar refractivity (Wildman–Crippen MR) is 86.0 cm³/mol. The Morgan fingerprint density at radius 1 is 1.09 bits per heavy atom. The third kappa shape index (κ3) is 3.35. The van der Waals surface area contributed by atoms with Crippen molar-refractivity contribution in [2.24, 2.45) is 0 Å². The molecule has 116 valence electrons. The molecule has 3 rings (SSSR count). The van der Waals surface area contributed by atoms with Crippen LogP contribution in [0.3, 0.4) is 0 Å². The van der Waals surface area contributed by atoms with Crippen molar-refractivity contribution in [3.05, 3.63) is 83.3 Å². The molecule has 1 heterocycles. The molecule has 0 aliphatic carbocycles. The third-order valence-corrected chi connectivity index (χ3v) is 3.65. The minimum Gasteiger partial charge on any atom is -0.449 e. The van der Waals surface area contributed by atoms with Gasteiger partial charge in [0.1, 0.15) is 0 Å². The molecule has 0 saturated heterocycles. The SMILES string of the molecule is O=C(O)Oc1cncn1C(c1ccccc1)c1ccc(Cl)cc1. The summed E-state index contributed by atoms with van der Waals surface area (Å²) in [4.78, 5) is 14.9. The van der Waals surface area contributed by atoms with Gasteiger partial charge < -0.3 is 9.84 Å². The molecule has 1 unspecified atom stereocenters. The molecule has 1 atom stereocenters. The van der Waals surface area contributed by atoms with E-state index in [1.807, 2.05) is 42.5 Å². The molecule has 0 aliphatic heterocycles. The van der Waals surface area contributed by atoms with Gasteiger partial charge in [0.2, 0.25) is 5.88 Å². The highest BCUT2D eigenvalue weighted by Crippen LogP contribution is 2.31. The maximum Gasteiger partial charge on any atom is 0.512 e. The lowest BCUT2D eigenvalue weighted by atomic mass is 9.98. The van der Waals surface area contributed by atoms with Crippen LogP contribution in [0.4, 0.5) is 4.79 Å². The molecule has 1 aromatic heterocycles. The topological polar surface area (TPSA) is 64.3 Å². The van der Waals surface area contributed by atoms with Crippen molar-refractivity contribution in [3.63, 3.8) is 0 Å². The van der Waals surface area contributed by atoms with E-state index < -0.39 is 6.16 Å². The molecular formula is C17H13ClN2O3. The fourth-order valence-corrected chi connectivity index (χ4v) is 2.57. The van der Waals surface area contributed by atoms with Gasteiger partial charge in [-0.05, 0) is 23.3 Å². The lowest BCUT2D eigenvalue weighted by molar-refractivity contribution is 0.140. The molecule has 0 bridgehead atoms. The molecular weight excluding hydrogens is 316 g/mol. The summed E-state index contributed by atoms with van der Waals surface area (Å²) < 4.78 is 6.50. The van der Waals surface area contributed by atoms with E-state index in [2.05, 4.69) is 4.98 Å². The van der Waals surface area contributed by atoms with E-state index in [-0.39, 0.29) is 11.9 Å². The minimum absolute atomic E-state index is 0.154. The molecule has 0 radical (unpaired) electrons. The Bertz CT molecular complexity index is 800. The highest BCUT2D eigenvalue weighted by atomic mass is 35.5. The number of ether oxygens (including phenoxy) is 1. The molecule has 3 aromatic rings. The first-order valence-electron chi connectivity index (χ1n) is 6.88. The normalized spacial score (nSPS) is 11.9. The second kappa shape index (κ2) is 6.54. The number of aromatic nitrogens is 2. The summed E-state index contributed by atoms with van der Waals surface area (Å²) >= 11 is 5.97. The highest BCUT2D eigenvalue weighted by Gasteiger charge is 2.20. The van der Waals surface area contributed by atoms with E-state index in [9.17, 15) is 4.79 Å². The Hall–Kier alpha value is -2.79. The second-order valence-electron chi connectivity index (χ2n) is 4.87. The van der Waals surface area contributed by atoms with E-state index in [0.29, 0.717) is 5.02 Å². The van der Waals surface area contributed by atoms with Crippen LogP contribution < -0.4 is 4.74 Å². The van der Waals surface area contributed by atoms with Crippen molar-refractivity contribution in [1.29, 1.82) is 0 Å². The fourth-order valence-electron chi connectivity index (χ4n) is 2.45. The number of carbonyl (C=O) groups is 1. The first-order valence-corrected chi connectivity index (χ1v) is 7.26. The van der Waals surface area contributed by atoms with Crippen LogP contribution in [-0.4, -0.2) is 20.8 Å². The van der Waals surface area contributed by atoms with Crippen molar-refractivity contribution in [3.8, 4) is 5.88 Å². The maximum absolute atomic E-state index is 10.9. The van der Waals surface area contributed by atoms with Gasteiger partial charge >= 0.3 is 6.16 Å². The van der Waals surface area contributed by atoms with Crippen LogP contribution >= 0.6 is 11.6 Å². The van der Waals surface area contributed by atoms with Gasteiger partial charge in [0, 0.05) is 5.02 Å². The van der Waals surface area contributed by atoms with Crippen LogP contribution in [0, 0.1) is 0 Å². The zero-order valence-corrected chi connectivity index (χ0v) is 12.7. The smallest absolute Gasteiger partial charge is 0.449 e. The van der Waals surface area contributed by atoms with Crippen molar-refractivity contribution in [2.45, 2.75) is 6.04 Å². The zero-order valence-electron chi connectivity index (χ0n) is 12.0. The number of benzene rings is 2. The van der Waals surface area contributed by atoms with Gasteiger partial charge in [-0.3, -0.25) is 4.57 Å². The third-order valence-electron chi connectivity index (χ3n) is 3.40. The number of carboxylic acid groups (broad SMARTS) is 1. The lowest BCUT2D eigenvalue weighted by Crippen LogP contribution is -2.15. The van der Waals surface area contributed by atoms with Gasteiger partial charge in [0.15, 0.2) is 0 Å². The Labute approximate surface area is 137 Å². The van der Waals surface area contributed by atoms with Gasteiger partial charge in [0.25, 0.3) is 0 Å². The molecule has 0 aliphatic rings. The summed E-state index contributed by atoms with van der Waals surface area (Å²) in [6, 6.07) is 16.8. The lowest BCUT2D eigenvalue weighted by Gasteiger charge is -2.21. The monoisotopic (exact) mass is 328 g/mol. The van der Waals surface area contributed by atoms with Crippen LogP contribution in [0.25, 0.3) is 0 Å². The molecule has 0 saturated carbocycles. The molecule has 1 N–H and O–H groups in total. The number of nitrogens with zero attached hydrogens (tertiary/aromatic N) is 2. The molecule has 0 amide bonds. The first-order chi connectivity index (χ1) is 11.1. The van der Waals surface area contributed by atoms with Crippen LogP contribution in [0.15, 0.2) is 67.1 Å². The summed E-state index contributed by atoms with van der Waals surface area (Å²) in [5.74, 6) is 0.154. The summed E-state index contributed by atoms with van der Waals surface area (Å²) in [6.07, 6.45) is 1.54. The van der Waals surface area contributed by atoms with Crippen molar-refractivity contribution >= 4 is 17.8 Å². The minimum atomic E-state index is -1.38. The van der Waals surface area contributed by atoms with E-state index in [0.717, 1.165) is 11.1 Å². The summed E-state index contributed by atoms with van der Waals surface area (Å²) in [7, 11) is 0. The Morgan fingerprint density at radius 3 is 2.39 bits per heavy atom. The fraction of sp³-hybridized carbons (Fsp3) is 0.0588. The number of hydrogen-bond donors (Lipinski definition) is 1. The van der Waals surface area contributed by atoms with Crippen LogP contribution in [0.2, 0.25) is 5.02 Å². The highest BCUT2D eigenvalue weighted by molar-refractivity contribution is 6.30. The van der Waals surface area contributed by atoms with Crippen LogP contribution in [0.5, 0.6) is 5.88 Å². The van der Waals surface area contributed by atoms with Crippen molar-refractivity contribution < 1.29 is 14.6 Å². The average Bonchev–Trinajstić information content (AvgIpc) is 2.98.